The summed E-state index contributed by atoms with van der Waals surface area (Å²) in [5.74, 6) is 2.21. The number of hydrogen-bond donors (Lipinski definition) is 0. The van der Waals surface area contributed by atoms with Gasteiger partial charge in [0.1, 0.15) is 17.9 Å². The van der Waals surface area contributed by atoms with Gasteiger partial charge >= 0.3 is 5.63 Å². The van der Waals surface area contributed by atoms with Gasteiger partial charge in [-0.2, -0.15) is 0 Å². The summed E-state index contributed by atoms with van der Waals surface area (Å²) in [5, 5.41) is 5.08. The summed E-state index contributed by atoms with van der Waals surface area (Å²) in [6.45, 7) is 2.16. The standard InChI is InChI=1S/C23H23NO7/c1-13-7-22(25)30-19-11-15(5-6-17(13)19)29-12-16-10-18(24-31-16)14-8-20(26-2)23(28-4)21(9-14)27-3/h5-9,11,16H,10,12H2,1-4H3. The van der Waals surface area contributed by atoms with Crippen molar-refractivity contribution in [2.24, 2.45) is 5.16 Å². The first kappa shape index (κ1) is 20.6. The van der Waals surface area contributed by atoms with E-state index in [-0.39, 0.29) is 11.7 Å². The molecule has 4 rings (SSSR count). The highest BCUT2D eigenvalue weighted by Gasteiger charge is 2.25. The molecule has 0 fully saturated rings. The van der Waals surface area contributed by atoms with Gasteiger partial charge in [-0.05, 0) is 36.8 Å². The van der Waals surface area contributed by atoms with Crippen LogP contribution in [0.5, 0.6) is 23.0 Å². The lowest BCUT2D eigenvalue weighted by molar-refractivity contribution is 0.0471. The van der Waals surface area contributed by atoms with Crippen molar-refractivity contribution in [3.63, 3.8) is 0 Å². The zero-order valence-corrected chi connectivity index (χ0v) is 17.8. The molecule has 31 heavy (non-hydrogen) atoms. The molecule has 0 saturated heterocycles. The molecule has 2 aromatic carbocycles. The second kappa shape index (κ2) is 8.59. The molecule has 2 heterocycles. The Kier molecular flexibility index (Phi) is 5.70. The fraction of sp³-hybridized carbons (Fsp3) is 0.304. The van der Waals surface area contributed by atoms with Crippen molar-refractivity contribution < 1.29 is 28.2 Å². The van der Waals surface area contributed by atoms with Crippen molar-refractivity contribution in [2.75, 3.05) is 27.9 Å². The van der Waals surface area contributed by atoms with E-state index in [4.69, 9.17) is 28.2 Å². The number of aryl methyl sites for hydroxylation is 1. The minimum Gasteiger partial charge on any atom is -0.493 e. The highest BCUT2D eigenvalue weighted by molar-refractivity contribution is 6.02. The molecule has 0 spiro atoms. The maximum absolute atomic E-state index is 11.6. The molecule has 1 unspecified atom stereocenters. The SMILES string of the molecule is COc1cc(C2=NOC(COc3ccc4c(C)cc(=O)oc4c3)C2)cc(OC)c1OC. The monoisotopic (exact) mass is 425 g/mol. The van der Waals surface area contributed by atoms with E-state index in [9.17, 15) is 4.79 Å². The molecule has 1 aliphatic rings. The molecule has 0 saturated carbocycles. The van der Waals surface area contributed by atoms with Gasteiger partial charge in [0.05, 0.1) is 27.0 Å². The molecule has 0 N–H and O–H groups in total. The first-order chi connectivity index (χ1) is 15.0. The van der Waals surface area contributed by atoms with E-state index < -0.39 is 0 Å². The Labute approximate surface area is 178 Å². The summed E-state index contributed by atoms with van der Waals surface area (Å²) in [5.41, 5.74) is 2.54. The van der Waals surface area contributed by atoms with Crippen molar-refractivity contribution >= 4 is 16.7 Å². The average molecular weight is 425 g/mol. The van der Waals surface area contributed by atoms with Crippen LogP contribution in [0.2, 0.25) is 0 Å². The number of nitrogens with zero attached hydrogens (tertiary/aromatic N) is 1. The van der Waals surface area contributed by atoms with E-state index >= 15 is 0 Å². The molecule has 0 amide bonds. The van der Waals surface area contributed by atoms with Gasteiger partial charge in [-0.1, -0.05) is 5.16 Å². The number of rotatable bonds is 7. The molecule has 1 atom stereocenters. The third-order valence-electron chi connectivity index (χ3n) is 5.09. The van der Waals surface area contributed by atoms with Gasteiger partial charge in [-0.3, -0.25) is 0 Å². The smallest absolute Gasteiger partial charge is 0.336 e. The molecule has 0 bridgehead atoms. The summed E-state index contributed by atoms with van der Waals surface area (Å²) in [6.07, 6.45) is 0.301. The van der Waals surface area contributed by atoms with Crippen molar-refractivity contribution in [3.05, 3.63) is 57.9 Å². The summed E-state index contributed by atoms with van der Waals surface area (Å²) >= 11 is 0. The van der Waals surface area contributed by atoms with Crippen LogP contribution in [0.15, 0.2) is 50.8 Å². The second-order valence-corrected chi connectivity index (χ2v) is 7.10. The minimum atomic E-state index is -0.385. The lowest BCUT2D eigenvalue weighted by Gasteiger charge is -2.14. The first-order valence-corrected chi connectivity index (χ1v) is 9.72. The normalized spacial score (nSPS) is 15.4. The Morgan fingerprint density at radius 3 is 2.45 bits per heavy atom. The van der Waals surface area contributed by atoms with Gasteiger partial charge in [0.15, 0.2) is 17.6 Å². The van der Waals surface area contributed by atoms with Crippen LogP contribution in [-0.2, 0) is 4.84 Å². The number of oxime groups is 1. The van der Waals surface area contributed by atoms with Crippen LogP contribution in [0, 0.1) is 6.92 Å². The van der Waals surface area contributed by atoms with E-state index in [0.29, 0.717) is 41.6 Å². The van der Waals surface area contributed by atoms with E-state index in [1.54, 1.807) is 27.4 Å². The molecule has 1 aliphatic heterocycles. The third kappa shape index (κ3) is 4.14. The van der Waals surface area contributed by atoms with Gasteiger partial charge in [0.25, 0.3) is 0 Å². The number of hydrogen-bond acceptors (Lipinski definition) is 8. The number of fused-ring (bicyclic) bond motifs is 1. The highest BCUT2D eigenvalue weighted by atomic mass is 16.7. The molecule has 8 heteroatoms. The van der Waals surface area contributed by atoms with Gasteiger partial charge < -0.3 is 28.2 Å². The fourth-order valence-corrected chi connectivity index (χ4v) is 3.52. The molecule has 0 aliphatic carbocycles. The van der Waals surface area contributed by atoms with Gasteiger partial charge in [-0.25, -0.2) is 4.79 Å². The molecular formula is C23H23NO7. The molecule has 8 nitrogen and oxygen atoms in total. The predicted octanol–water partition coefficient (Wildman–Crippen LogP) is 3.70. The number of ether oxygens (including phenoxy) is 4. The molecule has 3 aromatic rings. The lowest BCUT2D eigenvalue weighted by atomic mass is 10.0. The van der Waals surface area contributed by atoms with Crippen LogP contribution in [0.3, 0.4) is 0 Å². The largest absolute Gasteiger partial charge is 0.493 e. The second-order valence-electron chi connectivity index (χ2n) is 7.10. The van der Waals surface area contributed by atoms with Crippen LogP contribution >= 0.6 is 0 Å². The average Bonchev–Trinajstić information content (AvgIpc) is 3.25. The minimum absolute atomic E-state index is 0.255. The van der Waals surface area contributed by atoms with E-state index in [1.807, 2.05) is 31.2 Å². The molecular weight excluding hydrogens is 402 g/mol. The van der Waals surface area contributed by atoms with Crippen molar-refractivity contribution in [3.8, 4) is 23.0 Å². The summed E-state index contributed by atoms with van der Waals surface area (Å²) in [6, 6.07) is 10.6. The summed E-state index contributed by atoms with van der Waals surface area (Å²) in [7, 11) is 4.69. The molecule has 1 aromatic heterocycles. The Hall–Kier alpha value is -3.68. The predicted molar refractivity (Wildman–Crippen MR) is 115 cm³/mol. The summed E-state index contributed by atoms with van der Waals surface area (Å²) in [4.78, 5) is 17.2. The van der Waals surface area contributed by atoms with E-state index in [2.05, 4.69) is 5.16 Å². The first-order valence-electron chi connectivity index (χ1n) is 9.72. The van der Waals surface area contributed by atoms with Gasteiger partial charge in [0, 0.05) is 29.5 Å². The van der Waals surface area contributed by atoms with Gasteiger partial charge in [0.2, 0.25) is 5.75 Å². The third-order valence-corrected chi connectivity index (χ3v) is 5.09. The Bertz CT molecular complexity index is 1170. The van der Waals surface area contributed by atoms with Crippen LogP contribution in [-0.4, -0.2) is 39.8 Å². The van der Waals surface area contributed by atoms with Crippen molar-refractivity contribution in [1.82, 2.24) is 0 Å². The number of benzene rings is 2. The lowest BCUT2D eigenvalue weighted by Crippen LogP contribution is -2.18. The van der Waals surface area contributed by atoms with E-state index in [0.717, 1.165) is 22.2 Å². The zero-order valence-electron chi connectivity index (χ0n) is 17.8. The van der Waals surface area contributed by atoms with Gasteiger partial charge in [-0.15, -0.1) is 0 Å². The molecule has 0 radical (unpaired) electrons. The Morgan fingerprint density at radius 2 is 1.77 bits per heavy atom. The Morgan fingerprint density at radius 1 is 1.03 bits per heavy atom. The topological polar surface area (TPSA) is 88.7 Å². The van der Waals surface area contributed by atoms with Crippen LogP contribution < -0.4 is 24.6 Å². The van der Waals surface area contributed by atoms with Crippen LogP contribution in [0.4, 0.5) is 0 Å². The maximum atomic E-state index is 11.6. The quantitative estimate of drug-likeness (QED) is 0.533. The van der Waals surface area contributed by atoms with E-state index in [1.165, 1.54) is 6.07 Å². The zero-order chi connectivity index (χ0) is 22.0. The van der Waals surface area contributed by atoms with Crippen LogP contribution in [0.25, 0.3) is 11.0 Å². The van der Waals surface area contributed by atoms with Crippen LogP contribution in [0.1, 0.15) is 17.5 Å². The van der Waals surface area contributed by atoms with Crippen molar-refractivity contribution in [2.45, 2.75) is 19.4 Å². The maximum Gasteiger partial charge on any atom is 0.336 e. The summed E-state index contributed by atoms with van der Waals surface area (Å²) < 4.78 is 27.3. The fourth-order valence-electron chi connectivity index (χ4n) is 3.52. The Balaban J connectivity index is 1.45. The number of methoxy groups -OCH3 is 3. The highest BCUT2D eigenvalue weighted by Crippen LogP contribution is 2.39. The van der Waals surface area contributed by atoms with Crippen molar-refractivity contribution in [1.29, 1.82) is 0 Å². The molecule has 162 valence electrons.